The topological polar surface area (TPSA) is 69.7 Å². The third-order valence-corrected chi connectivity index (χ3v) is 3.03. The number of piperazine rings is 1. The zero-order chi connectivity index (χ0) is 12.2. The van der Waals surface area contributed by atoms with Crippen molar-refractivity contribution < 1.29 is 0 Å². The molecule has 0 spiro atoms. The molecule has 0 atom stereocenters. The molecule has 0 radical (unpaired) electrons. The molecule has 2 aromatic heterocycles. The third kappa shape index (κ3) is 2.55. The highest BCUT2D eigenvalue weighted by Crippen LogP contribution is 2.12. The highest BCUT2D eigenvalue weighted by molar-refractivity contribution is 5.52. The molecular weight excluding hydrogens is 228 g/mol. The maximum absolute atomic E-state index is 4.51. The molecule has 0 amide bonds. The average Bonchev–Trinajstić information content (AvgIpc) is 2.89. The highest BCUT2D eigenvalue weighted by Gasteiger charge is 2.12. The van der Waals surface area contributed by atoms with Gasteiger partial charge in [0.1, 0.15) is 5.82 Å². The molecule has 2 N–H and O–H groups in total. The van der Waals surface area contributed by atoms with Crippen LogP contribution in [-0.2, 0) is 6.54 Å². The van der Waals surface area contributed by atoms with Gasteiger partial charge in [-0.05, 0) is 12.1 Å². The van der Waals surface area contributed by atoms with E-state index in [9.17, 15) is 0 Å². The highest BCUT2D eigenvalue weighted by atomic mass is 15.3. The summed E-state index contributed by atoms with van der Waals surface area (Å²) in [5, 5.41) is 10.6. The molecule has 0 aliphatic carbocycles. The Morgan fingerprint density at radius 2 is 2.17 bits per heavy atom. The van der Waals surface area contributed by atoms with Gasteiger partial charge in [-0.3, -0.25) is 15.0 Å². The van der Waals surface area contributed by atoms with Crippen LogP contribution in [-0.4, -0.2) is 51.2 Å². The monoisotopic (exact) mass is 244 g/mol. The molecule has 94 valence electrons. The molecule has 3 heterocycles. The van der Waals surface area contributed by atoms with Crippen molar-refractivity contribution in [3.63, 3.8) is 0 Å². The quantitative estimate of drug-likeness (QED) is 0.811. The molecule has 2 aromatic rings. The van der Waals surface area contributed by atoms with Gasteiger partial charge in [0.05, 0.1) is 6.54 Å². The lowest BCUT2D eigenvalue weighted by atomic mass is 10.3. The first kappa shape index (κ1) is 11.3. The summed E-state index contributed by atoms with van der Waals surface area (Å²) in [6, 6.07) is 3.85. The Balaban J connectivity index is 1.69. The summed E-state index contributed by atoms with van der Waals surface area (Å²) in [7, 11) is 0. The van der Waals surface area contributed by atoms with Crippen molar-refractivity contribution in [3.8, 4) is 11.4 Å². The van der Waals surface area contributed by atoms with Crippen LogP contribution >= 0.6 is 0 Å². The zero-order valence-electron chi connectivity index (χ0n) is 10.1. The smallest absolute Gasteiger partial charge is 0.182 e. The summed E-state index contributed by atoms with van der Waals surface area (Å²) in [5.41, 5.74) is 0.945. The summed E-state index contributed by atoms with van der Waals surface area (Å²) in [4.78, 5) is 10.9. The average molecular weight is 244 g/mol. The lowest BCUT2D eigenvalue weighted by Gasteiger charge is -2.25. The maximum Gasteiger partial charge on any atom is 0.182 e. The predicted molar refractivity (Wildman–Crippen MR) is 67.8 cm³/mol. The van der Waals surface area contributed by atoms with Crippen LogP contribution in [0.5, 0.6) is 0 Å². The minimum Gasteiger partial charge on any atom is -0.314 e. The number of H-pyrrole nitrogens is 1. The van der Waals surface area contributed by atoms with Crippen LogP contribution in [0, 0.1) is 0 Å². The van der Waals surface area contributed by atoms with Gasteiger partial charge in [-0.1, -0.05) is 0 Å². The molecule has 0 bridgehead atoms. The minimum absolute atomic E-state index is 0.716. The molecule has 1 aliphatic rings. The fourth-order valence-corrected chi connectivity index (χ4v) is 2.07. The zero-order valence-corrected chi connectivity index (χ0v) is 10.1. The fraction of sp³-hybridized carbons (Fsp3) is 0.417. The Morgan fingerprint density at radius 3 is 2.94 bits per heavy atom. The minimum atomic E-state index is 0.716. The number of hydrogen-bond acceptors (Lipinski definition) is 5. The molecule has 3 rings (SSSR count). The van der Waals surface area contributed by atoms with Crippen molar-refractivity contribution >= 4 is 0 Å². The Hall–Kier alpha value is -1.79. The van der Waals surface area contributed by atoms with E-state index in [0.29, 0.717) is 5.82 Å². The van der Waals surface area contributed by atoms with E-state index in [0.717, 1.165) is 44.1 Å². The van der Waals surface area contributed by atoms with Crippen LogP contribution in [0.25, 0.3) is 11.4 Å². The summed E-state index contributed by atoms with van der Waals surface area (Å²) in [5.74, 6) is 1.63. The Kier molecular flexibility index (Phi) is 3.29. The van der Waals surface area contributed by atoms with Gasteiger partial charge in [-0.15, -0.1) is 0 Å². The second-order valence-corrected chi connectivity index (χ2v) is 4.37. The number of aromatic amines is 1. The van der Waals surface area contributed by atoms with Gasteiger partial charge in [0.2, 0.25) is 0 Å². The number of hydrogen-bond donors (Lipinski definition) is 2. The van der Waals surface area contributed by atoms with Gasteiger partial charge >= 0.3 is 0 Å². The Morgan fingerprint density at radius 1 is 1.28 bits per heavy atom. The SMILES string of the molecule is c1cncc(-c2n[nH]c(CN3CCNCC3)n2)c1. The Bertz CT molecular complexity index is 488. The number of rotatable bonds is 3. The normalized spacial score (nSPS) is 16.9. The number of pyridine rings is 1. The molecular formula is C12H16N6. The Labute approximate surface area is 105 Å². The second kappa shape index (κ2) is 5.24. The van der Waals surface area contributed by atoms with Crippen LogP contribution in [0.2, 0.25) is 0 Å². The van der Waals surface area contributed by atoms with Crippen LogP contribution in [0.15, 0.2) is 24.5 Å². The number of nitrogens with one attached hydrogen (secondary N) is 2. The summed E-state index contributed by atoms with van der Waals surface area (Å²) in [6.07, 6.45) is 3.52. The van der Waals surface area contributed by atoms with Crippen LogP contribution < -0.4 is 5.32 Å². The first-order valence-electron chi connectivity index (χ1n) is 6.16. The van der Waals surface area contributed by atoms with E-state index in [1.54, 1.807) is 12.4 Å². The van der Waals surface area contributed by atoms with Gasteiger partial charge in [-0.2, -0.15) is 5.10 Å². The van der Waals surface area contributed by atoms with Crippen molar-refractivity contribution in [3.05, 3.63) is 30.4 Å². The van der Waals surface area contributed by atoms with Crippen LogP contribution in [0.1, 0.15) is 5.82 Å². The molecule has 0 unspecified atom stereocenters. The van der Waals surface area contributed by atoms with Crippen molar-refractivity contribution in [2.45, 2.75) is 6.54 Å². The summed E-state index contributed by atoms with van der Waals surface area (Å²) >= 11 is 0. The van der Waals surface area contributed by atoms with Gasteiger partial charge in [0.25, 0.3) is 0 Å². The number of aromatic nitrogens is 4. The van der Waals surface area contributed by atoms with Gasteiger partial charge in [-0.25, -0.2) is 4.98 Å². The number of nitrogens with zero attached hydrogens (tertiary/aromatic N) is 4. The van der Waals surface area contributed by atoms with Gasteiger partial charge in [0, 0.05) is 44.1 Å². The van der Waals surface area contributed by atoms with Crippen molar-refractivity contribution in [1.29, 1.82) is 0 Å². The van der Waals surface area contributed by atoms with E-state index < -0.39 is 0 Å². The summed E-state index contributed by atoms with van der Waals surface area (Å²) < 4.78 is 0. The standard InChI is InChI=1S/C12H16N6/c1-2-10(8-14-3-1)12-15-11(16-17-12)9-18-6-4-13-5-7-18/h1-3,8,13H,4-7,9H2,(H,15,16,17). The van der Waals surface area contributed by atoms with E-state index >= 15 is 0 Å². The molecule has 6 nitrogen and oxygen atoms in total. The molecule has 1 saturated heterocycles. The molecule has 6 heteroatoms. The largest absolute Gasteiger partial charge is 0.314 e. The third-order valence-electron chi connectivity index (χ3n) is 3.03. The lowest BCUT2D eigenvalue weighted by Crippen LogP contribution is -2.43. The van der Waals surface area contributed by atoms with Gasteiger partial charge < -0.3 is 5.32 Å². The van der Waals surface area contributed by atoms with Crippen LogP contribution in [0.3, 0.4) is 0 Å². The molecule has 1 aliphatic heterocycles. The molecule has 0 aromatic carbocycles. The molecule has 18 heavy (non-hydrogen) atoms. The molecule has 0 saturated carbocycles. The fourth-order valence-electron chi connectivity index (χ4n) is 2.07. The van der Waals surface area contributed by atoms with E-state index in [1.807, 2.05) is 12.1 Å². The van der Waals surface area contributed by atoms with E-state index in [4.69, 9.17) is 0 Å². The van der Waals surface area contributed by atoms with Gasteiger partial charge in [0.15, 0.2) is 5.82 Å². The maximum atomic E-state index is 4.51. The van der Waals surface area contributed by atoms with E-state index in [-0.39, 0.29) is 0 Å². The van der Waals surface area contributed by atoms with Crippen LogP contribution in [0.4, 0.5) is 0 Å². The van der Waals surface area contributed by atoms with E-state index in [2.05, 4.69) is 30.4 Å². The first-order chi connectivity index (χ1) is 8.92. The van der Waals surface area contributed by atoms with Crippen molar-refractivity contribution in [2.75, 3.05) is 26.2 Å². The van der Waals surface area contributed by atoms with Crippen molar-refractivity contribution in [1.82, 2.24) is 30.4 Å². The van der Waals surface area contributed by atoms with E-state index in [1.165, 1.54) is 0 Å². The first-order valence-corrected chi connectivity index (χ1v) is 6.16. The molecule has 1 fully saturated rings. The summed E-state index contributed by atoms with van der Waals surface area (Å²) in [6.45, 7) is 5.04. The van der Waals surface area contributed by atoms with Crippen molar-refractivity contribution in [2.24, 2.45) is 0 Å². The predicted octanol–water partition coefficient (Wildman–Crippen LogP) is 0.272. The lowest BCUT2D eigenvalue weighted by molar-refractivity contribution is 0.228. The second-order valence-electron chi connectivity index (χ2n) is 4.37.